The van der Waals surface area contributed by atoms with E-state index in [0.29, 0.717) is 17.7 Å². The molecule has 2 amide bonds. The quantitative estimate of drug-likeness (QED) is 0.426. The van der Waals surface area contributed by atoms with Gasteiger partial charge in [-0.2, -0.15) is 5.26 Å². The molecular weight excluding hydrogens is 543 g/mol. The van der Waals surface area contributed by atoms with E-state index in [9.17, 15) is 19.2 Å². The molecule has 8 nitrogen and oxygen atoms in total. The van der Waals surface area contributed by atoms with Crippen LogP contribution >= 0.6 is 0 Å². The lowest BCUT2D eigenvalue weighted by atomic mass is 9.75. The minimum Gasteiger partial charge on any atom is -0.339 e. The van der Waals surface area contributed by atoms with Gasteiger partial charge < -0.3 is 14.8 Å². The molecule has 43 heavy (non-hydrogen) atoms. The Morgan fingerprint density at radius 2 is 2.14 bits per heavy atom. The monoisotopic (exact) mass is 580 g/mol. The average molecular weight is 581 g/mol. The van der Waals surface area contributed by atoms with Crippen LogP contribution in [0.2, 0.25) is 0 Å². The first kappa shape index (κ1) is 28.8. The number of allylic oxidation sites excluding steroid dienone is 2. The number of hydrogen-bond donors (Lipinski definition) is 1. The minimum absolute atomic E-state index is 0.0305. The van der Waals surface area contributed by atoms with Crippen molar-refractivity contribution in [2.75, 3.05) is 26.7 Å². The summed E-state index contributed by atoms with van der Waals surface area (Å²) in [5, 5.41) is 13.7. The predicted octanol–water partition coefficient (Wildman–Crippen LogP) is 5.31. The Balaban J connectivity index is 1.28. The number of pyridine rings is 1. The summed E-state index contributed by atoms with van der Waals surface area (Å²) in [6.45, 7) is 8.19. The third kappa shape index (κ3) is 5.04. The summed E-state index contributed by atoms with van der Waals surface area (Å²) in [6.07, 6.45) is 12.7. The lowest BCUT2D eigenvalue weighted by Crippen LogP contribution is -2.36. The van der Waals surface area contributed by atoms with Gasteiger partial charge in [0.1, 0.15) is 11.2 Å². The average Bonchev–Trinajstić information content (AvgIpc) is 3.51. The Morgan fingerprint density at radius 3 is 2.91 bits per heavy atom. The number of carbonyl (C=O) groups excluding carboxylic acids is 2. The summed E-state index contributed by atoms with van der Waals surface area (Å²) in [4.78, 5) is 34.4. The van der Waals surface area contributed by atoms with E-state index in [1.807, 2.05) is 30.7 Å². The van der Waals surface area contributed by atoms with Gasteiger partial charge in [0.15, 0.2) is 0 Å². The molecule has 2 saturated heterocycles. The number of carbonyl (C=O) groups is 2. The van der Waals surface area contributed by atoms with Gasteiger partial charge in [-0.3, -0.25) is 19.5 Å². The maximum absolute atomic E-state index is 14.4. The molecule has 2 aromatic heterocycles. The Labute approximate surface area is 251 Å². The van der Waals surface area contributed by atoms with E-state index in [1.165, 1.54) is 17.7 Å². The standard InChI is InChI=1S/C34H37FN6O2/c1-21(2)39(4)32(42)26-15-24(35)8-10-30(26)41-19-27(25-11-12-37-16-31(25)41)23-6-5-13-40(18-23)17-22-7-9-28-29(14-22)38-33(43)34(28,3)20-36/h7-8,10-12,14-16,19,21,23,28H,5-6,9,13,17-18H2,1-4H3,(H,38,43). The number of likely N-dealkylation sites (tertiary alicyclic amines) is 1. The fourth-order valence-electron chi connectivity index (χ4n) is 6.73. The van der Waals surface area contributed by atoms with E-state index in [1.54, 1.807) is 31.1 Å². The van der Waals surface area contributed by atoms with Crippen LogP contribution in [-0.2, 0) is 4.79 Å². The lowest BCUT2D eigenvalue weighted by Gasteiger charge is -2.34. The molecule has 0 bridgehead atoms. The van der Waals surface area contributed by atoms with Gasteiger partial charge >= 0.3 is 0 Å². The van der Waals surface area contributed by atoms with E-state index < -0.39 is 11.2 Å². The van der Waals surface area contributed by atoms with Gasteiger partial charge in [0, 0.05) is 55.6 Å². The van der Waals surface area contributed by atoms with Crippen LogP contribution in [0.4, 0.5) is 4.39 Å². The maximum atomic E-state index is 14.4. The Hall–Kier alpha value is -4.29. The largest absolute Gasteiger partial charge is 0.339 e. The van der Waals surface area contributed by atoms with Crippen LogP contribution < -0.4 is 5.32 Å². The van der Waals surface area contributed by atoms with Gasteiger partial charge in [-0.1, -0.05) is 6.08 Å². The van der Waals surface area contributed by atoms with E-state index in [2.05, 4.69) is 39.6 Å². The lowest BCUT2D eigenvalue weighted by molar-refractivity contribution is -0.125. The van der Waals surface area contributed by atoms with E-state index >= 15 is 0 Å². The molecule has 3 aromatic rings. The van der Waals surface area contributed by atoms with Crippen molar-refractivity contribution >= 4 is 22.7 Å². The molecule has 9 heteroatoms. The molecule has 3 aliphatic rings. The van der Waals surface area contributed by atoms with Crippen LogP contribution in [0, 0.1) is 28.5 Å². The van der Waals surface area contributed by atoms with E-state index in [-0.39, 0.29) is 29.7 Å². The van der Waals surface area contributed by atoms with Crippen molar-refractivity contribution in [2.45, 2.75) is 52.0 Å². The first-order chi connectivity index (χ1) is 20.6. The third-order valence-electron chi connectivity index (χ3n) is 9.52. The molecule has 1 N–H and O–H groups in total. The Morgan fingerprint density at radius 1 is 1.33 bits per heavy atom. The number of rotatable bonds is 6. The Bertz CT molecular complexity index is 1720. The topological polar surface area (TPSA) is 94.3 Å². The summed E-state index contributed by atoms with van der Waals surface area (Å²) in [5.41, 5.74) is 4.00. The number of fused-ring (bicyclic) bond motifs is 2. The van der Waals surface area contributed by atoms with Crippen LogP contribution in [0.5, 0.6) is 0 Å². The fraction of sp³-hybridized carbons (Fsp3) is 0.412. The number of nitriles is 1. The molecule has 2 aliphatic heterocycles. The van der Waals surface area contributed by atoms with Crippen LogP contribution in [0.1, 0.15) is 61.9 Å². The van der Waals surface area contributed by atoms with Crippen molar-refractivity contribution in [3.05, 3.63) is 83.2 Å². The van der Waals surface area contributed by atoms with Crippen molar-refractivity contribution in [3.63, 3.8) is 0 Å². The first-order valence-corrected chi connectivity index (χ1v) is 15.0. The highest BCUT2D eigenvalue weighted by Crippen LogP contribution is 2.43. The fourth-order valence-corrected chi connectivity index (χ4v) is 6.73. The molecule has 222 valence electrons. The molecule has 4 heterocycles. The second kappa shape index (κ2) is 11.1. The molecule has 0 radical (unpaired) electrons. The van der Waals surface area contributed by atoms with E-state index in [0.717, 1.165) is 54.6 Å². The normalized spacial score (nSPS) is 23.9. The number of piperidine rings is 1. The van der Waals surface area contributed by atoms with Gasteiger partial charge in [-0.15, -0.1) is 0 Å². The van der Waals surface area contributed by atoms with Crippen LogP contribution in [-0.4, -0.2) is 63.9 Å². The Kier molecular flexibility index (Phi) is 7.43. The van der Waals surface area contributed by atoms with Gasteiger partial charge in [-0.05, 0) is 94.0 Å². The molecule has 3 unspecified atom stereocenters. The molecule has 6 rings (SSSR count). The molecule has 1 aromatic carbocycles. The molecule has 3 atom stereocenters. The second-order valence-electron chi connectivity index (χ2n) is 12.5. The maximum Gasteiger partial charge on any atom is 0.256 e. The zero-order valence-corrected chi connectivity index (χ0v) is 25.1. The number of nitrogens with zero attached hydrogens (tertiary/aromatic N) is 5. The SMILES string of the molecule is CC(C)N(C)C(=O)c1cc(F)ccc1-n1cc(C2CCCN(CC3=CCC4C(=C3)NC(=O)C4(C)C#N)C2)c2ccncc21. The van der Waals surface area contributed by atoms with Crippen molar-refractivity contribution in [2.24, 2.45) is 11.3 Å². The number of nitrogens with one attached hydrogen (secondary N) is 1. The van der Waals surface area contributed by atoms with Crippen molar-refractivity contribution in [1.82, 2.24) is 24.7 Å². The number of hydrogen-bond acceptors (Lipinski definition) is 5. The smallest absolute Gasteiger partial charge is 0.256 e. The third-order valence-corrected chi connectivity index (χ3v) is 9.52. The summed E-state index contributed by atoms with van der Waals surface area (Å²) in [6, 6.07) is 8.61. The second-order valence-corrected chi connectivity index (χ2v) is 12.5. The van der Waals surface area contributed by atoms with E-state index in [4.69, 9.17) is 0 Å². The summed E-state index contributed by atoms with van der Waals surface area (Å²) >= 11 is 0. The zero-order chi connectivity index (χ0) is 30.5. The zero-order valence-electron chi connectivity index (χ0n) is 25.1. The highest BCUT2D eigenvalue weighted by atomic mass is 19.1. The molecule has 0 spiro atoms. The number of aromatic nitrogens is 2. The highest BCUT2D eigenvalue weighted by Gasteiger charge is 2.50. The van der Waals surface area contributed by atoms with Crippen molar-refractivity contribution < 1.29 is 14.0 Å². The van der Waals surface area contributed by atoms with Gasteiger partial charge in [-0.25, -0.2) is 4.39 Å². The number of benzene rings is 1. The highest BCUT2D eigenvalue weighted by molar-refractivity contribution is 5.99. The van der Waals surface area contributed by atoms with Crippen molar-refractivity contribution in [1.29, 1.82) is 5.26 Å². The number of halogens is 1. The van der Waals surface area contributed by atoms with Gasteiger partial charge in [0.05, 0.1) is 29.0 Å². The van der Waals surface area contributed by atoms with Crippen molar-refractivity contribution in [3.8, 4) is 11.8 Å². The van der Waals surface area contributed by atoms with Gasteiger partial charge in [0.25, 0.3) is 5.91 Å². The minimum atomic E-state index is -1.02. The summed E-state index contributed by atoms with van der Waals surface area (Å²) in [5.74, 6) is -0.755. The summed E-state index contributed by atoms with van der Waals surface area (Å²) < 4.78 is 16.4. The van der Waals surface area contributed by atoms with Crippen LogP contribution in [0.25, 0.3) is 16.6 Å². The van der Waals surface area contributed by atoms with Crippen LogP contribution in [0.3, 0.4) is 0 Å². The first-order valence-electron chi connectivity index (χ1n) is 15.0. The number of amides is 2. The molecule has 2 fully saturated rings. The van der Waals surface area contributed by atoms with Gasteiger partial charge in [0.2, 0.25) is 5.91 Å². The molecular formula is C34H37FN6O2. The van der Waals surface area contributed by atoms with Crippen LogP contribution in [0.15, 0.2) is 66.3 Å². The molecule has 1 aliphatic carbocycles. The predicted molar refractivity (Wildman–Crippen MR) is 163 cm³/mol. The summed E-state index contributed by atoms with van der Waals surface area (Å²) in [7, 11) is 1.74. The molecule has 0 saturated carbocycles.